The lowest BCUT2D eigenvalue weighted by molar-refractivity contribution is -0.206. The first-order valence-electron chi connectivity index (χ1n) is 4.11. The summed E-state index contributed by atoms with van der Waals surface area (Å²) in [6.45, 7) is 0.369. The Morgan fingerprint density at radius 2 is 2.20 bits per heavy atom. The molecule has 15 heavy (non-hydrogen) atoms. The van der Waals surface area contributed by atoms with Crippen LogP contribution in [-0.4, -0.2) is 15.8 Å². The summed E-state index contributed by atoms with van der Waals surface area (Å²) in [5.74, 6) is 0. The molecule has 0 bridgehead atoms. The van der Waals surface area contributed by atoms with Crippen LogP contribution in [0.1, 0.15) is 11.7 Å². The lowest BCUT2D eigenvalue weighted by atomic mass is 10.2. The summed E-state index contributed by atoms with van der Waals surface area (Å²) >= 11 is 5.27. The molecule has 84 valence electrons. The van der Waals surface area contributed by atoms with Gasteiger partial charge in [0.05, 0.1) is 0 Å². The van der Waals surface area contributed by atoms with Crippen molar-refractivity contribution in [2.45, 2.75) is 18.8 Å². The van der Waals surface area contributed by atoms with E-state index in [1.165, 1.54) is 28.6 Å². The van der Waals surface area contributed by atoms with Crippen molar-refractivity contribution in [3.05, 3.63) is 35.6 Å². The van der Waals surface area contributed by atoms with Crippen LogP contribution in [0.3, 0.4) is 0 Å². The Labute approximate surface area is 89.6 Å². The van der Waals surface area contributed by atoms with Gasteiger partial charge in [-0.1, -0.05) is 17.7 Å². The number of aliphatic hydroxyl groups is 1. The molecule has 0 aliphatic heterocycles. The molecule has 0 fully saturated rings. The number of hydrogen-bond donors (Lipinski definition) is 1. The van der Waals surface area contributed by atoms with Gasteiger partial charge < -0.3 is 9.67 Å². The Morgan fingerprint density at radius 3 is 2.73 bits per heavy atom. The second kappa shape index (κ2) is 4.72. The lowest BCUT2D eigenvalue weighted by Gasteiger charge is -2.12. The Hall–Kier alpha value is -0.940. The highest BCUT2D eigenvalue weighted by atomic mass is 35.5. The van der Waals surface area contributed by atoms with Crippen molar-refractivity contribution < 1.29 is 18.3 Å². The predicted octanol–water partition coefficient (Wildman–Crippen LogP) is 2.84. The second-order valence-corrected chi connectivity index (χ2v) is 3.20. The molecule has 2 nitrogen and oxygen atoms in total. The molecule has 1 heterocycles. The van der Waals surface area contributed by atoms with Crippen molar-refractivity contribution in [3.8, 4) is 0 Å². The highest BCUT2D eigenvalue weighted by Crippen LogP contribution is 2.32. The van der Waals surface area contributed by atoms with Crippen LogP contribution >= 0.6 is 11.6 Å². The molecule has 0 saturated carbocycles. The number of allylic oxidation sites excluding steroid dienone is 1. The largest absolute Gasteiger partial charge is 0.418 e. The van der Waals surface area contributed by atoms with Crippen LogP contribution in [0, 0.1) is 0 Å². The summed E-state index contributed by atoms with van der Waals surface area (Å²) in [7, 11) is 0. The van der Waals surface area contributed by atoms with E-state index in [1.54, 1.807) is 6.08 Å². The van der Waals surface area contributed by atoms with Crippen molar-refractivity contribution >= 4 is 11.6 Å². The summed E-state index contributed by atoms with van der Waals surface area (Å²) in [6, 6.07) is 1.22. The molecule has 1 rings (SSSR count). The van der Waals surface area contributed by atoms with Gasteiger partial charge in [0, 0.05) is 30.0 Å². The zero-order valence-corrected chi connectivity index (χ0v) is 8.33. The molecule has 6 heteroatoms. The first-order chi connectivity index (χ1) is 6.95. The van der Waals surface area contributed by atoms with Crippen LogP contribution in [0.25, 0.3) is 0 Å². The van der Waals surface area contributed by atoms with E-state index in [9.17, 15) is 13.2 Å². The van der Waals surface area contributed by atoms with Crippen LogP contribution in [0.15, 0.2) is 30.1 Å². The van der Waals surface area contributed by atoms with Crippen molar-refractivity contribution in [1.29, 1.82) is 0 Å². The monoisotopic (exact) mass is 239 g/mol. The molecule has 1 unspecified atom stereocenters. The molecule has 0 spiro atoms. The molecule has 1 atom stereocenters. The van der Waals surface area contributed by atoms with Crippen LogP contribution in [0.4, 0.5) is 13.2 Å². The van der Waals surface area contributed by atoms with Crippen LogP contribution < -0.4 is 0 Å². The highest BCUT2D eigenvalue weighted by molar-refractivity contribution is 6.25. The quantitative estimate of drug-likeness (QED) is 0.862. The highest BCUT2D eigenvalue weighted by Gasteiger charge is 2.39. The number of alkyl halides is 3. The van der Waals surface area contributed by atoms with Crippen LogP contribution in [-0.2, 0) is 6.54 Å². The Morgan fingerprint density at radius 1 is 1.53 bits per heavy atom. The molecule has 0 amide bonds. The van der Waals surface area contributed by atoms with E-state index >= 15 is 0 Å². The number of halogens is 4. The van der Waals surface area contributed by atoms with Gasteiger partial charge in [-0.05, 0) is 6.07 Å². The molecule has 0 aromatic carbocycles. The minimum absolute atomic E-state index is 0.175. The van der Waals surface area contributed by atoms with Gasteiger partial charge in [0.1, 0.15) is 0 Å². The van der Waals surface area contributed by atoms with Crippen LogP contribution in [0.2, 0.25) is 0 Å². The van der Waals surface area contributed by atoms with Gasteiger partial charge in [-0.2, -0.15) is 13.2 Å². The van der Waals surface area contributed by atoms with Gasteiger partial charge in [0.25, 0.3) is 0 Å². The molecular weight excluding hydrogens is 231 g/mol. The maximum absolute atomic E-state index is 12.1. The van der Waals surface area contributed by atoms with E-state index < -0.39 is 12.3 Å². The number of aliphatic hydroxyl groups excluding tert-OH is 1. The average molecular weight is 240 g/mol. The first kappa shape index (κ1) is 12.1. The van der Waals surface area contributed by atoms with Crippen molar-refractivity contribution in [1.82, 2.24) is 4.57 Å². The van der Waals surface area contributed by atoms with Crippen molar-refractivity contribution in [3.63, 3.8) is 0 Å². The van der Waals surface area contributed by atoms with E-state index in [-0.39, 0.29) is 5.56 Å². The minimum atomic E-state index is -4.63. The maximum Gasteiger partial charge on any atom is 0.418 e. The fourth-order valence-electron chi connectivity index (χ4n) is 1.09. The number of aromatic nitrogens is 1. The third-order valence-corrected chi connectivity index (χ3v) is 1.98. The summed E-state index contributed by atoms with van der Waals surface area (Å²) in [5.41, 5.74) is 1.10. The number of hydrogen-bond acceptors (Lipinski definition) is 1. The van der Waals surface area contributed by atoms with Gasteiger partial charge in [-0.25, -0.2) is 0 Å². The average Bonchev–Trinajstić information content (AvgIpc) is 2.60. The SMILES string of the molecule is OC(c1ccn(C/C=C/Cl)c1)C(F)(F)F. The van der Waals surface area contributed by atoms with Crippen molar-refractivity contribution in [2.24, 2.45) is 0 Å². The molecule has 1 aromatic rings. The maximum atomic E-state index is 12.1. The van der Waals surface area contributed by atoms with E-state index in [0.717, 1.165) is 0 Å². The first-order valence-corrected chi connectivity index (χ1v) is 4.54. The van der Waals surface area contributed by atoms with Gasteiger partial charge >= 0.3 is 6.18 Å². The molecule has 0 radical (unpaired) electrons. The van der Waals surface area contributed by atoms with Crippen LogP contribution in [0.5, 0.6) is 0 Å². The second-order valence-electron chi connectivity index (χ2n) is 2.95. The fraction of sp³-hybridized carbons (Fsp3) is 0.333. The fourth-order valence-corrected chi connectivity index (χ4v) is 1.16. The van der Waals surface area contributed by atoms with Gasteiger partial charge in [0.15, 0.2) is 6.10 Å². The molecular formula is C9H9ClF3NO. The number of rotatable bonds is 3. The third-order valence-electron chi connectivity index (χ3n) is 1.80. The van der Waals surface area contributed by atoms with E-state index in [0.29, 0.717) is 6.54 Å². The van der Waals surface area contributed by atoms with E-state index in [1.807, 2.05) is 0 Å². The van der Waals surface area contributed by atoms with E-state index in [2.05, 4.69) is 0 Å². The normalized spacial score (nSPS) is 14.7. The van der Waals surface area contributed by atoms with Gasteiger partial charge in [0.2, 0.25) is 0 Å². The Kier molecular flexibility index (Phi) is 3.82. The lowest BCUT2D eigenvalue weighted by Crippen LogP contribution is -2.19. The molecule has 0 saturated heterocycles. The van der Waals surface area contributed by atoms with E-state index in [4.69, 9.17) is 16.7 Å². The minimum Gasteiger partial charge on any atom is -0.379 e. The molecule has 1 aromatic heterocycles. The summed E-state index contributed by atoms with van der Waals surface area (Å²) in [5, 5.41) is 8.91. The Bertz CT molecular complexity index is 345. The zero-order chi connectivity index (χ0) is 11.5. The standard InChI is InChI=1S/C9H9ClF3NO/c10-3-1-4-14-5-2-7(6-14)8(15)9(11,12)13/h1-3,5-6,8,15H,4H2/b3-1+. The number of nitrogens with zero attached hydrogens (tertiary/aromatic N) is 1. The molecule has 0 aliphatic rings. The summed E-state index contributed by atoms with van der Waals surface area (Å²) < 4.78 is 37.8. The molecule has 0 aliphatic carbocycles. The topological polar surface area (TPSA) is 25.2 Å². The Balaban J connectivity index is 2.75. The van der Waals surface area contributed by atoms with Gasteiger partial charge in [-0.15, -0.1) is 0 Å². The summed E-state index contributed by atoms with van der Waals surface area (Å²) in [6.07, 6.45) is -2.81. The summed E-state index contributed by atoms with van der Waals surface area (Å²) in [4.78, 5) is 0. The predicted molar refractivity (Wildman–Crippen MR) is 50.4 cm³/mol. The molecule has 1 N–H and O–H groups in total. The third kappa shape index (κ3) is 3.28. The van der Waals surface area contributed by atoms with Crippen molar-refractivity contribution in [2.75, 3.05) is 0 Å². The smallest absolute Gasteiger partial charge is 0.379 e. The zero-order valence-electron chi connectivity index (χ0n) is 7.58. The van der Waals surface area contributed by atoms with Gasteiger partial charge in [-0.3, -0.25) is 0 Å².